The second kappa shape index (κ2) is 15.6. The second-order valence-corrected chi connectivity index (χ2v) is 12.2. The molecule has 9 nitrogen and oxygen atoms in total. The molecule has 2 aliphatic heterocycles. The highest BCUT2D eigenvalue weighted by atomic mass is 19.1. The third-order valence-corrected chi connectivity index (χ3v) is 8.93. The molecule has 2 aromatic carbocycles. The molecule has 2 fully saturated rings. The number of carbonyl (C=O) groups excluding carboxylic acids is 3. The Kier molecular flexibility index (Phi) is 11.4. The lowest BCUT2D eigenvalue weighted by Crippen LogP contribution is -2.49. The lowest BCUT2D eigenvalue weighted by molar-refractivity contribution is -0.149. The summed E-state index contributed by atoms with van der Waals surface area (Å²) < 4.78 is 53.7. The van der Waals surface area contributed by atoms with Gasteiger partial charge in [-0.25, -0.2) is 13.2 Å². The molecule has 0 spiro atoms. The van der Waals surface area contributed by atoms with Crippen LogP contribution in [0, 0.1) is 23.4 Å². The SMILES string of the molecule is CN1CCC(CC(=O)OC[C@@H]2CO[C@H](CCc3c(F)cncc3CC(=O)[C@@H](N)C(c3ccc(F)cc3)c3ccc(F)cc3)CN2)C1=O. The minimum absolute atomic E-state index is 0.0379. The predicted molar refractivity (Wildman–Crippen MR) is 167 cm³/mol. The molecule has 2 aliphatic rings. The van der Waals surface area contributed by atoms with Crippen LogP contribution in [0.2, 0.25) is 0 Å². The maximum Gasteiger partial charge on any atom is 0.306 e. The number of amides is 1. The molecular weight excluding hydrogens is 613 g/mol. The van der Waals surface area contributed by atoms with E-state index in [-0.39, 0.29) is 62.2 Å². The van der Waals surface area contributed by atoms with Gasteiger partial charge in [-0.3, -0.25) is 19.4 Å². The molecule has 3 N–H and O–H groups in total. The van der Waals surface area contributed by atoms with Crippen LogP contribution in [0.5, 0.6) is 0 Å². The van der Waals surface area contributed by atoms with Crippen LogP contribution in [0.1, 0.15) is 47.4 Å². The summed E-state index contributed by atoms with van der Waals surface area (Å²) in [5.41, 5.74) is 8.43. The number of morpholine rings is 1. The number of hydrogen-bond acceptors (Lipinski definition) is 8. The summed E-state index contributed by atoms with van der Waals surface area (Å²) in [5, 5.41) is 3.30. The van der Waals surface area contributed by atoms with Gasteiger partial charge in [0.2, 0.25) is 5.91 Å². The van der Waals surface area contributed by atoms with E-state index in [0.29, 0.717) is 48.2 Å². The molecular formula is C35H39F3N4O5. The van der Waals surface area contributed by atoms with Gasteiger partial charge in [0.1, 0.15) is 24.1 Å². The fourth-order valence-electron chi connectivity index (χ4n) is 6.18. The molecule has 2 saturated heterocycles. The first-order valence-electron chi connectivity index (χ1n) is 15.7. The predicted octanol–water partition coefficient (Wildman–Crippen LogP) is 3.47. The van der Waals surface area contributed by atoms with Gasteiger partial charge in [0.25, 0.3) is 0 Å². The maximum absolute atomic E-state index is 15.0. The topological polar surface area (TPSA) is 124 Å². The highest BCUT2D eigenvalue weighted by Crippen LogP contribution is 2.29. The number of hydrogen-bond donors (Lipinski definition) is 2. The highest BCUT2D eigenvalue weighted by Gasteiger charge is 2.32. The molecule has 0 radical (unpaired) electrons. The largest absolute Gasteiger partial charge is 0.464 e. The van der Waals surface area contributed by atoms with Crippen molar-refractivity contribution in [2.45, 2.75) is 56.2 Å². The molecule has 3 aromatic rings. The molecule has 250 valence electrons. The third kappa shape index (κ3) is 8.82. The summed E-state index contributed by atoms with van der Waals surface area (Å²) in [4.78, 5) is 43.4. The van der Waals surface area contributed by atoms with Crippen LogP contribution >= 0.6 is 0 Å². The number of aromatic nitrogens is 1. The van der Waals surface area contributed by atoms with E-state index in [4.69, 9.17) is 15.2 Å². The monoisotopic (exact) mass is 652 g/mol. The second-order valence-electron chi connectivity index (χ2n) is 12.2. The van der Waals surface area contributed by atoms with E-state index >= 15 is 4.39 Å². The van der Waals surface area contributed by atoms with E-state index in [1.165, 1.54) is 54.7 Å². The van der Waals surface area contributed by atoms with Gasteiger partial charge in [-0.1, -0.05) is 24.3 Å². The van der Waals surface area contributed by atoms with Crippen molar-refractivity contribution in [3.8, 4) is 0 Å². The Balaban J connectivity index is 1.15. The quantitative estimate of drug-likeness (QED) is 0.269. The number of pyridine rings is 1. The molecule has 1 unspecified atom stereocenters. The average Bonchev–Trinajstić information content (AvgIpc) is 3.38. The number of carbonyl (C=O) groups is 3. The van der Waals surface area contributed by atoms with Crippen molar-refractivity contribution in [2.75, 3.05) is 33.4 Å². The van der Waals surface area contributed by atoms with E-state index in [9.17, 15) is 23.2 Å². The van der Waals surface area contributed by atoms with Gasteiger partial charge in [0.05, 0.1) is 43.3 Å². The number of rotatable bonds is 13. The fraction of sp³-hybridized carbons (Fsp3) is 0.429. The van der Waals surface area contributed by atoms with Crippen molar-refractivity contribution in [3.63, 3.8) is 0 Å². The summed E-state index contributed by atoms with van der Waals surface area (Å²) >= 11 is 0. The molecule has 4 atom stereocenters. The minimum atomic E-state index is -1.08. The van der Waals surface area contributed by atoms with E-state index in [1.807, 2.05) is 0 Å². The normalized spacial score (nSPS) is 20.4. The van der Waals surface area contributed by atoms with Crippen LogP contribution in [0.25, 0.3) is 0 Å². The number of Topliss-reactive ketones (excluding diaryl/α,β-unsaturated/α-hetero) is 1. The van der Waals surface area contributed by atoms with Crippen molar-refractivity contribution in [2.24, 2.45) is 11.7 Å². The fourth-order valence-corrected chi connectivity index (χ4v) is 6.18. The average molecular weight is 653 g/mol. The van der Waals surface area contributed by atoms with Crippen LogP contribution in [0.15, 0.2) is 60.9 Å². The Morgan fingerprint density at radius 1 is 1.06 bits per heavy atom. The number of nitrogens with zero attached hydrogens (tertiary/aromatic N) is 2. The van der Waals surface area contributed by atoms with E-state index in [0.717, 1.165) is 6.20 Å². The van der Waals surface area contributed by atoms with Gasteiger partial charge in [-0.15, -0.1) is 0 Å². The summed E-state index contributed by atoms with van der Waals surface area (Å²) in [6.45, 7) is 1.50. The zero-order chi connectivity index (χ0) is 33.5. The van der Waals surface area contributed by atoms with Crippen molar-refractivity contribution in [1.29, 1.82) is 0 Å². The van der Waals surface area contributed by atoms with Gasteiger partial charge in [-0.05, 0) is 65.8 Å². The number of ketones is 1. The third-order valence-electron chi connectivity index (χ3n) is 8.93. The number of likely N-dealkylation sites (tertiary alicyclic amines) is 1. The van der Waals surface area contributed by atoms with Crippen LogP contribution in [-0.4, -0.2) is 79.1 Å². The van der Waals surface area contributed by atoms with Crippen LogP contribution in [-0.2, 0) is 36.7 Å². The number of halogens is 3. The molecule has 1 amide bonds. The van der Waals surface area contributed by atoms with Crippen LogP contribution < -0.4 is 11.1 Å². The van der Waals surface area contributed by atoms with Crippen molar-refractivity contribution in [3.05, 3.63) is 101 Å². The van der Waals surface area contributed by atoms with Gasteiger partial charge in [0.15, 0.2) is 5.78 Å². The summed E-state index contributed by atoms with van der Waals surface area (Å²) in [5.74, 6) is -3.28. The number of benzene rings is 2. The summed E-state index contributed by atoms with van der Waals surface area (Å²) in [6, 6.07) is 9.94. The first-order valence-corrected chi connectivity index (χ1v) is 15.7. The van der Waals surface area contributed by atoms with Crippen molar-refractivity contribution < 1.29 is 37.0 Å². The highest BCUT2D eigenvalue weighted by molar-refractivity contribution is 5.88. The first kappa shape index (κ1) is 34.2. The van der Waals surface area contributed by atoms with Gasteiger partial charge < -0.3 is 25.4 Å². The number of nitrogens with two attached hydrogens (primary N) is 1. The Morgan fingerprint density at radius 2 is 1.72 bits per heavy atom. The van der Waals surface area contributed by atoms with Crippen molar-refractivity contribution in [1.82, 2.24) is 15.2 Å². The molecule has 0 aliphatic carbocycles. The molecule has 47 heavy (non-hydrogen) atoms. The molecule has 1 aromatic heterocycles. The lowest BCUT2D eigenvalue weighted by atomic mass is 9.82. The van der Waals surface area contributed by atoms with Crippen LogP contribution in [0.3, 0.4) is 0 Å². The maximum atomic E-state index is 15.0. The zero-order valence-corrected chi connectivity index (χ0v) is 26.2. The Morgan fingerprint density at radius 3 is 2.30 bits per heavy atom. The van der Waals surface area contributed by atoms with Crippen molar-refractivity contribution >= 4 is 17.7 Å². The molecule has 12 heteroatoms. The Labute approximate surface area is 271 Å². The molecule has 5 rings (SSSR count). The van der Waals surface area contributed by atoms with E-state index in [1.54, 1.807) is 11.9 Å². The Hall–Kier alpha value is -4.13. The summed E-state index contributed by atoms with van der Waals surface area (Å²) in [7, 11) is 1.72. The smallest absolute Gasteiger partial charge is 0.306 e. The lowest BCUT2D eigenvalue weighted by Gasteiger charge is -2.30. The summed E-state index contributed by atoms with van der Waals surface area (Å²) in [6.07, 6.45) is 3.57. The van der Waals surface area contributed by atoms with Gasteiger partial charge in [-0.2, -0.15) is 0 Å². The molecule has 0 bridgehead atoms. The zero-order valence-electron chi connectivity index (χ0n) is 26.2. The van der Waals surface area contributed by atoms with Gasteiger partial charge in [0, 0.05) is 38.7 Å². The first-order chi connectivity index (χ1) is 22.6. The number of ether oxygens (including phenoxy) is 2. The standard InChI is InChI=1S/C35H39F3N4O5/c1-42-13-12-23(35(42)45)15-32(44)47-20-27-19-46-28(17-41-27)10-11-29-24(16-40-18-30(29)38)14-31(43)34(39)33(21-2-6-25(36)7-3-21)22-4-8-26(37)9-5-22/h2-9,16,18,23,27-28,33-34,41H,10-15,17,19-20,39H2,1H3/t23?,27-,28+,34+/m0/s1. The molecule has 3 heterocycles. The number of esters is 1. The van der Waals surface area contributed by atoms with Gasteiger partial charge >= 0.3 is 5.97 Å². The molecule has 0 saturated carbocycles. The Bertz CT molecular complexity index is 1500. The van der Waals surface area contributed by atoms with E-state index in [2.05, 4.69) is 10.3 Å². The number of nitrogens with one attached hydrogen (secondary N) is 1. The van der Waals surface area contributed by atoms with E-state index < -0.39 is 35.4 Å². The minimum Gasteiger partial charge on any atom is -0.464 e. The van der Waals surface area contributed by atoms with Crippen LogP contribution in [0.4, 0.5) is 13.2 Å².